The smallest absolute Gasteiger partial charge is 0.252 e. The van der Waals surface area contributed by atoms with Gasteiger partial charge in [-0.2, -0.15) is 13.5 Å². The van der Waals surface area contributed by atoms with Crippen molar-refractivity contribution in [3.63, 3.8) is 0 Å². The zero-order chi connectivity index (χ0) is 31.5. The normalized spacial score (nSPS) is 14.8. The van der Waals surface area contributed by atoms with Crippen molar-refractivity contribution < 1.29 is 0 Å². The molecule has 0 amide bonds. The summed E-state index contributed by atoms with van der Waals surface area (Å²) in [5.41, 5.74) is -0.438. The molecule has 39 heavy (non-hydrogen) atoms. The van der Waals surface area contributed by atoms with E-state index in [0.29, 0.717) is 0 Å². The molecule has 0 aliphatic heterocycles. The summed E-state index contributed by atoms with van der Waals surface area (Å²) in [6.45, 7) is 6.39. The van der Waals surface area contributed by atoms with Crippen molar-refractivity contribution in [3.05, 3.63) is 0 Å². The summed E-state index contributed by atoms with van der Waals surface area (Å²) < 4.78 is 43.3. The first-order valence-corrected chi connectivity index (χ1v) is 19.4. The molecule has 0 bridgehead atoms. The third kappa shape index (κ3) is 8.35. The van der Waals surface area contributed by atoms with Crippen LogP contribution in [-0.4, -0.2) is 174 Å². The molecule has 0 heterocycles. The van der Waals surface area contributed by atoms with E-state index in [-0.39, 0.29) is 0 Å². The van der Waals surface area contributed by atoms with Gasteiger partial charge in [0.25, 0.3) is 0 Å². The van der Waals surface area contributed by atoms with Crippen LogP contribution in [0.4, 0.5) is 0 Å². The van der Waals surface area contributed by atoms with Crippen molar-refractivity contribution in [2.24, 2.45) is 18.3 Å². The Bertz CT molecular complexity index is 820. The number of hydrogen-bond donors (Lipinski definition) is 0. The lowest BCUT2D eigenvalue weighted by Crippen LogP contribution is -2.32. The summed E-state index contributed by atoms with van der Waals surface area (Å²) in [5.74, 6) is 0. The zero-order valence-electron chi connectivity index (χ0n) is 29.1. The zero-order valence-corrected chi connectivity index (χ0v) is 32.7. The fourth-order valence-corrected chi connectivity index (χ4v) is 23.7. The monoisotopic (exact) mass is 633 g/mol. The van der Waals surface area contributed by atoms with Crippen LogP contribution in [-0.2, 0) is 0 Å². The van der Waals surface area contributed by atoms with Crippen LogP contribution in [0.5, 0.6) is 0 Å². The van der Waals surface area contributed by atoms with Gasteiger partial charge in [0.15, 0.2) is 22.5 Å². The second-order valence-corrected chi connectivity index (χ2v) is 26.2. The molecule has 0 fully saturated rings. The van der Waals surface area contributed by atoms with Gasteiger partial charge < -0.3 is 0 Å². The van der Waals surface area contributed by atoms with Crippen LogP contribution in [0.25, 0.3) is 0 Å². The van der Waals surface area contributed by atoms with Gasteiger partial charge in [0.05, 0.1) is 5.54 Å². The van der Waals surface area contributed by atoms with Crippen LogP contribution in [0.3, 0.4) is 0 Å². The Hall–Kier alpha value is 0.560. The van der Waals surface area contributed by atoms with Crippen LogP contribution in [0.2, 0.25) is 0 Å². The molecule has 17 heteroatoms. The largest absolute Gasteiger partial charge is 0.306 e. The summed E-state index contributed by atoms with van der Waals surface area (Å²) in [6, 6.07) is 0. The van der Waals surface area contributed by atoms with Crippen molar-refractivity contribution >= 4 is 30.0 Å². The first kappa shape index (κ1) is 39.6. The Morgan fingerprint density at radius 2 is 0.487 bits per heavy atom. The van der Waals surface area contributed by atoms with Crippen LogP contribution >= 0.6 is 30.0 Å². The second-order valence-electron chi connectivity index (χ2n) is 12.3. The van der Waals surface area contributed by atoms with Gasteiger partial charge in [-0.05, 0) is 148 Å². The highest BCUT2D eigenvalue weighted by Gasteiger charge is 2.42. The van der Waals surface area contributed by atoms with Crippen LogP contribution in [0.15, 0.2) is 18.3 Å². The fraction of sp³-hybridized carbons (Fsp3) is 1.00. The quantitative estimate of drug-likeness (QED) is 0.255. The molecule has 0 saturated heterocycles. The average molecular weight is 634 g/mol. The van der Waals surface area contributed by atoms with E-state index in [1.165, 1.54) is 0 Å². The van der Waals surface area contributed by atoms with Crippen LogP contribution in [0, 0.1) is 0 Å². The second kappa shape index (κ2) is 14.4. The van der Waals surface area contributed by atoms with Crippen LogP contribution < -0.4 is 0 Å². The standard InChI is InChI=1S/C22H63N13P4/c1-22(2,3)23-36(24-37(27(4)5,28(6)7)29(8)9,25-38(30(10)11,31(12)13)32(14)15)26-39(33(16)17,34(18)19)35(20)21/h1-21H3. The Morgan fingerprint density at radius 1 is 0.333 bits per heavy atom. The topological polar surface area (TPSA) is 78.6 Å². The third-order valence-electron chi connectivity index (χ3n) is 5.98. The average Bonchev–Trinajstić information content (AvgIpc) is 2.70. The van der Waals surface area contributed by atoms with E-state index in [1.54, 1.807) is 0 Å². The van der Waals surface area contributed by atoms with Crippen molar-refractivity contribution in [2.75, 3.05) is 127 Å². The molecule has 0 unspecified atom stereocenters. The lowest BCUT2D eigenvalue weighted by atomic mass is 10.1. The summed E-state index contributed by atoms with van der Waals surface area (Å²) >= 11 is 0. The van der Waals surface area contributed by atoms with Crippen molar-refractivity contribution in [2.45, 2.75) is 26.3 Å². The van der Waals surface area contributed by atoms with Gasteiger partial charge in [-0.3, -0.25) is 42.0 Å². The third-order valence-corrected chi connectivity index (χ3v) is 22.3. The molecule has 236 valence electrons. The minimum absolute atomic E-state index is 0.438. The summed E-state index contributed by atoms with van der Waals surface area (Å²) in [5, 5.41) is 0. The van der Waals surface area contributed by atoms with Gasteiger partial charge in [-0.1, -0.05) is 0 Å². The molecule has 0 aromatic carbocycles. The van der Waals surface area contributed by atoms with Gasteiger partial charge in [0, 0.05) is 0 Å². The van der Waals surface area contributed by atoms with Crippen molar-refractivity contribution in [1.29, 1.82) is 0 Å². The van der Waals surface area contributed by atoms with E-state index in [4.69, 9.17) is 18.3 Å². The Morgan fingerprint density at radius 3 is 0.590 bits per heavy atom. The maximum Gasteiger partial charge on any atom is 0.306 e. The molecule has 0 saturated carbocycles. The molecule has 0 aliphatic carbocycles. The predicted molar refractivity (Wildman–Crippen MR) is 180 cm³/mol. The van der Waals surface area contributed by atoms with Gasteiger partial charge in [0.2, 0.25) is 0 Å². The van der Waals surface area contributed by atoms with E-state index in [2.05, 4.69) is 190 Å². The van der Waals surface area contributed by atoms with E-state index in [9.17, 15) is 0 Å². The van der Waals surface area contributed by atoms with Crippen molar-refractivity contribution in [3.8, 4) is 0 Å². The molecular formula is C22H63N13P4. The SMILES string of the molecule is CN(C)P(=NP(=NC(C)(C)C)(N=P(N(C)C)(N(C)C)N(C)C)N=P(N(C)C)(N(C)C)N(C)C)(N(C)C)N(C)C. The lowest BCUT2D eigenvalue weighted by Gasteiger charge is -2.46. The summed E-state index contributed by atoms with van der Waals surface area (Å²) in [6.07, 6.45) is 0. The summed E-state index contributed by atoms with van der Waals surface area (Å²) in [7, 11) is 27.2. The minimum atomic E-state index is -3.19. The molecule has 0 aromatic heterocycles. The molecule has 0 spiro atoms. The van der Waals surface area contributed by atoms with Gasteiger partial charge >= 0.3 is 7.51 Å². The molecule has 0 aliphatic rings. The highest BCUT2D eigenvalue weighted by molar-refractivity contribution is 7.80. The van der Waals surface area contributed by atoms with Gasteiger partial charge in [0.1, 0.15) is 0 Å². The maximum atomic E-state index is 5.88. The molecule has 0 N–H and O–H groups in total. The minimum Gasteiger partial charge on any atom is -0.252 e. The van der Waals surface area contributed by atoms with Gasteiger partial charge in [-0.25, -0.2) is 4.74 Å². The molecule has 0 radical (unpaired) electrons. The maximum absolute atomic E-state index is 5.88. The van der Waals surface area contributed by atoms with E-state index >= 15 is 0 Å². The molecule has 0 rings (SSSR count). The number of hydrogen-bond acceptors (Lipinski definition) is 1. The van der Waals surface area contributed by atoms with E-state index < -0.39 is 35.6 Å². The molecule has 13 nitrogen and oxygen atoms in total. The summed E-state index contributed by atoms with van der Waals surface area (Å²) in [4.78, 5) is 0. The van der Waals surface area contributed by atoms with E-state index in [0.717, 1.165) is 0 Å². The molecular weight excluding hydrogens is 570 g/mol. The lowest BCUT2D eigenvalue weighted by molar-refractivity contribution is 0.472. The highest BCUT2D eigenvalue weighted by atomic mass is 31.3. The predicted octanol–water partition coefficient (Wildman–Crippen LogP) is 5.62. The van der Waals surface area contributed by atoms with Crippen LogP contribution in [0.1, 0.15) is 20.8 Å². The Labute approximate surface area is 243 Å². The molecule has 0 aromatic rings. The number of rotatable bonds is 12. The molecule has 0 atom stereocenters. The van der Waals surface area contributed by atoms with Gasteiger partial charge in [-0.15, -0.1) is 0 Å². The first-order valence-electron chi connectivity index (χ1n) is 13.0. The van der Waals surface area contributed by atoms with Crippen molar-refractivity contribution in [1.82, 2.24) is 42.0 Å². The van der Waals surface area contributed by atoms with E-state index in [1.807, 2.05) is 0 Å². The first-order chi connectivity index (χ1) is 17.3. The fourth-order valence-electron chi connectivity index (χ4n) is 4.94. The Balaban J connectivity index is 9.45. The highest BCUT2D eigenvalue weighted by Crippen LogP contribution is 2.78. The Kier molecular flexibility index (Phi) is 14.6. The number of nitrogens with zero attached hydrogens (tertiary/aromatic N) is 13.